The molecule has 3 aromatic heterocycles. The molecule has 0 radical (unpaired) electrons. The number of pyridine rings is 1. The van der Waals surface area contributed by atoms with Gasteiger partial charge in [-0.1, -0.05) is 12.1 Å². The monoisotopic (exact) mass is 407 g/mol. The number of carbonyl (C=O) groups is 1. The summed E-state index contributed by atoms with van der Waals surface area (Å²) in [5.41, 5.74) is 0.723. The van der Waals surface area contributed by atoms with Crippen LogP contribution in [0.3, 0.4) is 0 Å². The summed E-state index contributed by atoms with van der Waals surface area (Å²) in [5, 5.41) is 11.4. The molecule has 0 spiro atoms. The van der Waals surface area contributed by atoms with Crippen LogP contribution >= 0.6 is 11.3 Å². The normalized spacial score (nSPS) is 19.0. The van der Waals surface area contributed by atoms with Crippen molar-refractivity contribution in [1.29, 1.82) is 0 Å². The van der Waals surface area contributed by atoms with Crippen LogP contribution in [-0.2, 0) is 6.54 Å². The lowest BCUT2D eigenvalue weighted by atomic mass is 10.0. The van der Waals surface area contributed by atoms with Gasteiger partial charge in [-0.15, -0.1) is 11.3 Å². The number of anilines is 1. The molecule has 2 N–H and O–H groups in total. The number of aromatic nitrogens is 3. The topological polar surface area (TPSA) is 71.8 Å². The van der Waals surface area contributed by atoms with Gasteiger partial charge in [-0.2, -0.15) is 18.3 Å². The molecule has 0 aliphatic carbocycles. The third kappa shape index (κ3) is 3.59. The molecule has 0 saturated carbocycles. The first kappa shape index (κ1) is 18.5. The SMILES string of the molecule is O=C(NCc1ccccn1)c1cnn2c1N[C@H](c1cccs1)C[C@@H]2C(F)(F)F. The molecule has 4 rings (SSSR count). The zero-order valence-electron chi connectivity index (χ0n) is 14.5. The van der Waals surface area contributed by atoms with Gasteiger partial charge in [0.2, 0.25) is 0 Å². The molecule has 0 fully saturated rings. The Morgan fingerprint density at radius 1 is 1.32 bits per heavy atom. The number of carbonyl (C=O) groups excluding carboxylic acids is 1. The minimum atomic E-state index is -4.47. The van der Waals surface area contributed by atoms with Crippen LogP contribution in [0, 0.1) is 0 Å². The van der Waals surface area contributed by atoms with E-state index in [9.17, 15) is 18.0 Å². The summed E-state index contributed by atoms with van der Waals surface area (Å²) >= 11 is 1.37. The smallest absolute Gasteiger partial charge is 0.362 e. The number of alkyl halides is 3. The summed E-state index contributed by atoms with van der Waals surface area (Å²) in [7, 11) is 0. The summed E-state index contributed by atoms with van der Waals surface area (Å²) in [5.74, 6) is -0.433. The number of hydrogen-bond acceptors (Lipinski definition) is 5. The number of hydrogen-bond donors (Lipinski definition) is 2. The zero-order chi connectivity index (χ0) is 19.7. The van der Waals surface area contributed by atoms with Crippen LogP contribution in [0.2, 0.25) is 0 Å². The van der Waals surface area contributed by atoms with Gasteiger partial charge in [-0.3, -0.25) is 9.78 Å². The highest BCUT2D eigenvalue weighted by molar-refractivity contribution is 7.10. The summed E-state index contributed by atoms with van der Waals surface area (Å²) in [6.07, 6.45) is -1.89. The first-order valence-electron chi connectivity index (χ1n) is 8.56. The fourth-order valence-electron chi connectivity index (χ4n) is 3.17. The van der Waals surface area contributed by atoms with Gasteiger partial charge < -0.3 is 10.6 Å². The second kappa shape index (κ2) is 7.27. The summed E-state index contributed by atoms with van der Waals surface area (Å²) < 4.78 is 41.7. The molecule has 1 aliphatic heterocycles. The van der Waals surface area contributed by atoms with E-state index in [1.54, 1.807) is 36.5 Å². The fraction of sp³-hybridized carbons (Fsp3) is 0.278. The lowest BCUT2D eigenvalue weighted by Gasteiger charge is -2.33. The van der Waals surface area contributed by atoms with Gasteiger partial charge in [0.05, 0.1) is 24.5 Å². The van der Waals surface area contributed by atoms with E-state index in [2.05, 4.69) is 20.7 Å². The van der Waals surface area contributed by atoms with Crippen LogP contribution in [0.5, 0.6) is 0 Å². The van der Waals surface area contributed by atoms with Crippen molar-refractivity contribution < 1.29 is 18.0 Å². The zero-order valence-corrected chi connectivity index (χ0v) is 15.3. The molecule has 1 amide bonds. The third-order valence-corrected chi connectivity index (χ3v) is 5.51. The maximum Gasteiger partial charge on any atom is 0.410 e. The van der Waals surface area contributed by atoms with Crippen molar-refractivity contribution in [3.8, 4) is 0 Å². The van der Waals surface area contributed by atoms with Crippen molar-refractivity contribution in [3.05, 3.63) is 64.2 Å². The predicted molar refractivity (Wildman–Crippen MR) is 98.0 cm³/mol. The van der Waals surface area contributed by atoms with Crippen molar-refractivity contribution in [2.75, 3.05) is 5.32 Å². The van der Waals surface area contributed by atoms with Gasteiger partial charge in [0.15, 0.2) is 6.04 Å². The second-order valence-electron chi connectivity index (χ2n) is 6.36. The molecule has 2 atom stereocenters. The van der Waals surface area contributed by atoms with Crippen LogP contribution in [0.15, 0.2) is 48.1 Å². The summed E-state index contributed by atoms with van der Waals surface area (Å²) in [4.78, 5) is 17.5. The molecule has 0 saturated heterocycles. The van der Waals surface area contributed by atoms with Crippen molar-refractivity contribution in [3.63, 3.8) is 0 Å². The third-order valence-electron chi connectivity index (χ3n) is 4.53. The Hall–Kier alpha value is -2.88. The Morgan fingerprint density at radius 3 is 2.86 bits per heavy atom. The molecule has 6 nitrogen and oxygen atoms in total. The quantitative estimate of drug-likeness (QED) is 0.688. The molecule has 1 aliphatic rings. The van der Waals surface area contributed by atoms with Crippen LogP contribution in [-0.4, -0.2) is 26.8 Å². The van der Waals surface area contributed by atoms with Crippen LogP contribution < -0.4 is 10.6 Å². The highest BCUT2D eigenvalue weighted by Crippen LogP contribution is 2.44. The Balaban J connectivity index is 1.61. The fourth-order valence-corrected chi connectivity index (χ4v) is 3.96. The van der Waals surface area contributed by atoms with E-state index >= 15 is 0 Å². The van der Waals surface area contributed by atoms with E-state index in [-0.39, 0.29) is 24.3 Å². The van der Waals surface area contributed by atoms with E-state index in [1.165, 1.54) is 17.5 Å². The maximum absolute atomic E-state index is 13.6. The van der Waals surface area contributed by atoms with Gasteiger partial charge in [0, 0.05) is 17.5 Å². The number of thiophene rings is 1. The van der Waals surface area contributed by atoms with Crippen LogP contribution in [0.1, 0.15) is 39.4 Å². The highest BCUT2D eigenvalue weighted by atomic mass is 32.1. The number of nitrogens with zero attached hydrogens (tertiary/aromatic N) is 3. The second-order valence-corrected chi connectivity index (χ2v) is 7.34. The Bertz CT molecular complexity index is 956. The van der Waals surface area contributed by atoms with Gasteiger partial charge >= 0.3 is 6.18 Å². The summed E-state index contributed by atoms with van der Waals surface area (Å²) in [6.45, 7) is 0.168. The largest absolute Gasteiger partial charge is 0.410 e. The van der Waals surface area contributed by atoms with E-state index in [0.29, 0.717) is 5.69 Å². The maximum atomic E-state index is 13.6. The standard InChI is InChI=1S/C18H16F3N5OS/c19-18(20,21)15-8-13(14-5-3-7-28-14)25-16-12(10-24-26(15)16)17(27)23-9-11-4-1-2-6-22-11/h1-7,10,13,15,25H,8-9H2,(H,23,27)/t13-,15+/m0/s1. The molecular weight excluding hydrogens is 391 g/mol. The first-order chi connectivity index (χ1) is 13.4. The Kier molecular flexibility index (Phi) is 4.80. The van der Waals surface area contributed by atoms with Crippen LogP contribution in [0.25, 0.3) is 0 Å². The molecule has 0 unspecified atom stereocenters. The average molecular weight is 407 g/mol. The molecule has 28 heavy (non-hydrogen) atoms. The predicted octanol–water partition coefficient (Wildman–Crippen LogP) is 3.93. The van der Waals surface area contributed by atoms with Gasteiger partial charge in [0.1, 0.15) is 11.4 Å². The van der Waals surface area contributed by atoms with Crippen molar-refractivity contribution >= 4 is 23.1 Å². The van der Waals surface area contributed by atoms with E-state index in [1.807, 2.05) is 5.38 Å². The molecular formula is C18H16F3N5OS. The lowest BCUT2D eigenvalue weighted by molar-refractivity contribution is -0.173. The Labute approximate surface area is 162 Å². The van der Waals surface area contributed by atoms with Crippen molar-refractivity contribution in [1.82, 2.24) is 20.1 Å². The number of fused-ring (bicyclic) bond motifs is 1. The molecule has 4 heterocycles. The average Bonchev–Trinajstić information content (AvgIpc) is 3.35. The Morgan fingerprint density at radius 2 is 2.18 bits per heavy atom. The van der Waals surface area contributed by atoms with E-state index in [4.69, 9.17) is 0 Å². The lowest BCUT2D eigenvalue weighted by Crippen LogP contribution is -2.36. The molecule has 3 aromatic rings. The highest BCUT2D eigenvalue weighted by Gasteiger charge is 2.47. The van der Waals surface area contributed by atoms with Gasteiger partial charge in [-0.25, -0.2) is 4.68 Å². The van der Waals surface area contributed by atoms with Crippen LogP contribution in [0.4, 0.5) is 19.0 Å². The minimum Gasteiger partial charge on any atom is -0.362 e. The molecule has 10 heteroatoms. The number of rotatable bonds is 4. The van der Waals surface area contributed by atoms with Gasteiger partial charge in [-0.05, 0) is 23.6 Å². The number of nitrogens with one attached hydrogen (secondary N) is 2. The van der Waals surface area contributed by atoms with E-state index in [0.717, 1.165) is 9.56 Å². The molecule has 146 valence electrons. The number of amides is 1. The van der Waals surface area contributed by atoms with E-state index < -0.39 is 24.2 Å². The molecule has 0 bridgehead atoms. The molecule has 0 aromatic carbocycles. The summed E-state index contributed by atoms with van der Waals surface area (Å²) in [6, 6.07) is 6.52. The number of halogens is 3. The van der Waals surface area contributed by atoms with Crippen molar-refractivity contribution in [2.24, 2.45) is 0 Å². The van der Waals surface area contributed by atoms with Crippen molar-refractivity contribution in [2.45, 2.75) is 31.2 Å². The first-order valence-corrected chi connectivity index (χ1v) is 9.43. The van der Waals surface area contributed by atoms with Gasteiger partial charge in [0.25, 0.3) is 5.91 Å². The minimum absolute atomic E-state index is 0.0745.